The van der Waals surface area contributed by atoms with Gasteiger partial charge in [-0.05, 0) is 39.2 Å². The summed E-state index contributed by atoms with van der Waals surface area (Å²) >= 11 is 0. The summed E-state index contributed by atoms with van der Waals surface area (Å²) in [4.78, 5) is 14.1. The number of ether oxygens (including phenoxy) is 1. The van der Waals surface area contributed by atoms with E-state index >= 15 is 0 Å². The van der Waals surface area contributed by atoms with E-state index in [9.17, 15) is 4.79 Å². The number of hydrogen-bond acceptors (Lipinski definition) is 4. The molecule has 0 bridgehead atoms. The molecule has 2 aliphatic rings. The second-order valence-electron chi connectivity index (χ2n) is 6.03. The molecule has 2 fully saturated rings. The highest BCUT2D eigenvalue weighted by atomic mass is 16.5. The molecule has 0 unspecified atom stereocenters. The first kappa shape index (κ1) is 12.8. The second kappa shape index (κ2) is 4.94. The fourth-order valence-electron chi connectivity index (χ4n) is 3.17. The van der Waals surface area contributed by atoms with E-state index in [1.54, 1.807) is 0 Å². The number of nitrogens with zero attached hydrogens (tertiary/aromatic N) is 1. The highest BCUT2D eigenvalue weighted by molar-refractivity contribution is 5.76. The number of fused-ring (bicyclic) bond motifs is 1. The Morgan fingerprint density at radius 3 is 2.88 bits per heavy atom. The maximum absolute atomic E-state index is 11.7. The fraction of sp³-hybridized carbons (Fsp3) is 0.923. The van der Waals surface area contributed by atoms with Crippen molar-refractivity contribution < 1.29 is 9.53 Å². The SMILES string of the molecule is COC(=O)C(C)(C)CN1C[C@@H]2CCCN[C@@H]2C1. The Labute approximate surface area is 104 Å². The summed E-state index contributed by atoms with van der Waals surface area (Å²) < 4.78 is 4.86. The van der Waals surface area contributed by atoms with Crippen LogP contribution in [0.25, 0.3) is 0 Å². The van der Waals surface area contributed by atoms with Crippen LogP contribution in [0.15, 0.2) is 0 Å². The molecule has 0 aromatic heterocycles. The number of carbonyl (C=O) groups is 1. The third-order valence-electron chi connectivity index (χ3n) is 4.03. The van der Waals surface area contributed by atoms with Gasteiger partial charge < -0.3 is 15.0 Å². The first-order valence-corrected chi connectivity index (χ1v) is 6.57. The lowest BCUT2D eigenvalue weighted by molar-refractivity contribution is -0.151. The Bertz CT molecular complexity index is 277. The summed E-state index contributed by atoms with van der Waals surface area (Å²) in [6, 6.07) is 0.636. The van der Waals surface area contributed by atoms with E-state index in [0.29, 0.717) is 6.04 Å². The van der Waals surface area contributed by atoms with Crippen LogP contribution in [0.5, 0.6) is 0 Å². The summed E-state index contributed by atoms with van der Waals surface area (Å²) in [5.41, 5.74) is -0.401. The average Bonchev–Trinajstić information content (AvgIpc) is 2.68. The monoisotopic (exact) mass is 240 g/mol. The number of likely N-dealkylation sites (tertiary alicyclic amines) is 1. The van der Waals surface area contributed by atoms with Crippen LogP contribution in [-0.4, -0.2) is 50.2 Å². The Morgan fingerprint density at radius 2 is 2.24 bits per heavy atom. The van der Waals surface area contributed by atoms with Crippen LogP contribution in [0.4, 0.5) is 0 Å². The lowest BCUT2D eigenvalue weighted by Crippen LogP contribution is -2.42. The van der Waals surface area contributed by atoms with E-state index in [0.717, 1.165) is 32.1 Å². The number of methoxy groups -OCH3 is 1. The predicted octanol–water partition coefficient (Wildman–Crippen LogP) is 0.869. The van der Waals surface area contributed by atoms with Gasteiger partial charge in [0.15, 0.2) is 0 Å². The van der Waals surface area contributed by atoms with Crippen LogP contribution in [0.1, 0.15) is 26.7 Å². The van der Waals surface area contributed by atoms with Crippen molar-refractivity contribution in [3.63, 3.8) is 0 Å². The van der Waals surface area contributed by atoms with Gasteiger partial charge in [0.1, 0.15) is 0 Å². The molecular weight excluding hydrogens is 216 g/mol. The highest BCUT2D eigenvalue weighted by Crippen LogP contribution is 2.28. The normalized spacial score (nSPS) is 30.1. The summed E-state index contributed by atoms with van der Waals surface area (Å²) in [5, 5.41) is 3.58. The highest BCUT2D eigenvalue weighted by Gasteiger charge is 2.38. The molecule has 0 amide bonds. The maximum atomic E-state index is 11.7. The van der Waals surface area contributed by atoms with Crippen LogP contribution in [0, 0.1) is 11.3 Å². The minimum Gasteiger partial charge on any atom is -0.469 e. The molecule has 0 radical (unpaired) electrons. The minimum absolute atomic E-state index is 0.111. The van der Waals surface area contributed by atoms with Gasteiger partial charge in [0.25, 0.3) is 0 Å². The molecule has 4 nitrogen and oxygen atoms in total. The van der Waals surface area contributed by atoms with Gasteiger partial charge in [-0.1, -0.05) is 0 Å². The minimum atomic E-state index is -0.401. The predicted molar refractivity (Wildman–Crippen MR) is 66.8 cm³/mol. The molecule has 4 heteroatoms. The van der Waals surface area contributed by atoms with Crippen molar-refractivity contribution in [1.82, 2.24) is 10.2 Å². The third-order valence-corrected chi connectivity index (χ3v) is 4.03. The van der Waals surface area contributed by atoms with E-state index in [1.807, 2.05) is 13.8 Å². The lowest BCUT2D eigenvalue weighted by Gasteiger charge is -2.27. The van der Waals surface area contributed by atoms with Crippen LogP contribution in [-0.2, 0) is 9.53 Å². The first-order chi connectivity index (χ1) is 8.03. The molecule has 2 rings (SSSR count). The van der Waals surface area contributed by atoms with E-state index < -0.39 is 5.41 Å². The molecule has 0 saturated carbocycles. The van der Waals surface area contributed by atoms with Crippen molar-refractivity contribution >= 4 is 5.97 Å². The smallest absolute Gasteiger partial charge is 0.312 e. The zero-order chi connectivity index (χ0) is 12.5. The molecule has 0 aliphatic carbocycles. The maximum Gasteiger partial charge on any atom is 0.312 e. The lowest BCUT2D eigenvalue weighted by atomic mass is 9.93. The van der Waals surface area contributed by atoms with Gasteiger partial charge in [0, 0.05) is 25.7 Å². The molecule has 0 aromatic carbocycles. The van der Waals surface area contributed by atoms with Crippen molar-refractivity contribution in [1.29, 1.82) is 0 Å². The van der Waals surface area contributed by atoms with Gasteiger partial charge in [0.05, 0.1) is 12.5 Å². The van der Waals surface area contributed by atoms with Crippen LogP contribution in [0.3, 0.4) is 0 Å². The Hall–Kier alpha value is -0.610. The molecule has 2 heterocycles. The van der Waals surface area contributed by atoms with Gasteiger partial charge in [-0.25, -0.2) is 0 Å². The number of piperidine rings is 1. The van der Waals surface area contributed by atoms with Crippen LogP contribution in [0.2, 0.25) is 0 Å². The molecule has 2 atom stereocenters. The number of carbonyl (C=O) groups excluding carboxylic acids is 1. The van der Waals surface area contributed by atoms with Crippen molar-refractivity contribution in [3.05, 3.63) is 0 Å². The first-order valence-electron chi connectivity index (χ1n) is 6.57. The van der Waals surface area contributed by atoms with Crippen LogP contribution < -0.4 is 5.32 Å². The molecule has 0 aromatic rings. The summed E-state index contributed by atoms with van der Waals surface area (Å²) in [7, 11) is 1.47. The van der Waals surface area contributed by atoms with Gasteiger partial charge in [-0.15, -0.1) is 0 Å². The molecular formula is C13H24N2O2. The number of hydrogen-bond donors (Lipinski definition) is 1. The van der Waals surface area contributed by atoms with E-state index in [1.165, 1.54) is 20.0 Å². The van der Waals surface area contributed by atoms with Crippen LogP contribution >= 0.6 is 0 Å². The molecule has 0 spiro atoms. The Kier molecular flexibility index (Phi) is 3.73. The standard InChI is InChI=1S/C13H24N2O2/c1-13(2,12(16)17-3)9-15-7-10-5-4-6-14-11(10)8-15/h10-11,14H,4-9H2,1-3H3/t10-,11+/m0/s1. The summed E-state index contributed by atoms with van der Waals surface area (Å²) in [6.45, 7) is 8.08. The van der Waals surface area contributed by atoms with Crippen molar-refractivity contribution in [2.75, 3.05) is 33.3 Å². The van der Waals surface area contributed by atoms with Gasteiger partial charge in [-0.3, -0.25) is 4.79 Å². The fourth-order valence-corrected chi connectivity index (χ4v) is 3.17. The van der Waals surface area contributed by atoms with Gasteiger partial charge in [-0.2, -0.15) is 0 Å². The van der Waals surface area contributed by atoms with Crippen molar-refractivity contribution in [3.8, 4) is 0 Å². The average molecular weight is 240 g/mol. The quantitative estimate of drug-likeness (QED) is 0.743. The summed E-state index contributed by atoms with van der Waals surface area (Å²) in [5.74, 6) is 0.664. The number of esters is 1. The molecule has 1 N–H and O–H groups in total. The molecule has 2 aliphatic heterocycles. The van der Waals surface area contributed by atoms with Gasteiger partial charge >= 0.3 is 5.97 Å². The largest absolute Gasteiger partial charge is 0.469 e. The zero-order valence-electron chi connectivity index (χ0n) is 11.2. The van der Waals surface area contributed by atoms with E-state index in [2.05, 4.69) is 10.2 Å². The van der Waals surface area contributed by atoms with E-state index in [-0.39, 0.29) is 5.97 Å². The summed E-state index contributed by atoms with van der Waals surface area (Å²) in [6.07, 6.45) is 2.61. The van der Waals surface area contributed by atoms with Crippen molar-refractivity contribution in [2.24, 2.45) is 11.3 Å². The Morgan fingerprint density at radius 1 is 1.47 bits per heavy atom. The number of nitrogens with one attached hydrogen (secondary N) is 1. The zero-order valence-corrected chi connectivity index (χ0v) is 11.2. The number of rotatable bonds is 3. The topological polar surface area (TPSA) is 41.6 Å². The molecule has 2 saturated heterocycles. The third kappa shape index (κ3) is 2.80. The Balaban J connectivity index is 1.90. The van der Waals surface area contributed by atoms with Crippen molar-refractivity contribution in [2.45, 2.75) is 32.7 Å². The molecule has 17 heavy (non-hydrogen) atoms. The second-order valence-corrected chi connectivity index (χ2v) is 6.03. The van der Waals surface area contributed by atoms with E-state index in [4.69, 9.17) is 4.74 Å². The van der Waals surface area contributed by atoms with Gasteiger partial charge in [0.2, 0.25) is 0 Å². The molecule has 98 valence electrons.